The van der Waals surface area contributed by atoms with Crippen LogP contribution in [0.1, 0.15) is 10.5 Å². The summed E-state index contributed by atoms with van der Waals surface area (Å²) in [4.78, 5) is 16.4. The Labute approximate surface area is 168 Å². The van der Waals surface area contributed by atoms with Crippen LogP contribution in [0.4, 0.5) is 25.3 Å². The number of carbonyl (C=O) groups excluding carboxylic acids is 1. The lowest BCUT2D eigenvalue weighted by molar-refractivity contribution is -0.0498. The summed E-state index contributed by atoms with van der Waals surface area (Å²) in [7, 11) is -3.81. The first-order chi connectivity index (χ1) is 13.7. The Morgan fingerprint density at radius 2 is 1.69 bits per heavy atom. The molecule has 4 N–H and O–H groups in total. The third-order valence-corrected chi connectivity index (χ3v) is 5.20. The molecule has 8 nitrogen and oxygen atoms in total. The van der Waals surface area contributed by atoms with Crippen LogP contribution in [0.5, 0.6) is 5.75 Å². The van der Waals surface area contributed by atoms with E-state index in [1.807, 2.05) is 0 Å². The second-order valence-corrected chi connectivity index (χ2v) is 8.01. The topological polar surface area (TPSA) is 123 Å². The molecule has 29 heavy (non-hydrogen) atoms. The first-order valence-corrected chi connectivity index (χ1v) is 10.3. The summed E-state index contributed by atoms with van der Waals surface area (Å²) in [5, 5.41) is 12.5. The van der Waals surface area contributed by atoms with Crippen molar-refractivity contribution >= 4 is 43.8 Å². The van der Waals surface area contributed by atoms with Crippen LogP contribution in [0.15, 0.2) is 58.8 Å². The van der Waals surface area contributed by atoms with E-state index < -0.39 is 22.5 Å². The van der Waals surface area contributed by atoms with Gasteiger partial charge in [0, 0.05) is 16.8 Å². The molecule has 0 atom stereocenters. The Hall–Kier alpha value is -3.09. The summed E-state index contributed by atoms with van der Waals surface area (Å²) in [6, 6.07) is 11.2. The Morgan fingerprint density at radius 3 is 2.28 bits per heavy atom. The molecule has 12 heteroatoms. The number of carbonyl (C=O) groups is 1. The minimum atomic E-state index is -3.81. The van der Waals surface area contributed by atoms with Gasteiger partial charge in [0.05, 0.1) is 4.90 Å². The van der Waals surface area contributed by atoms with Crippen LogP contribution in [0.2, 0.25) is 0 Å². The molecule has 1 heterocycles. The van der Waals surface area contributed by atoms with Crippen molar-refractivity contribution < 1.29 is 26.7 Å². The van der Waals surface area contributed by atoms with Crippen LogP contribution in [-0.4, -0.2) is 25.9 Å². The largest absolute Gasteiger partial charge is 0.435 e. The number of alkyl halides is 2. The van der Waals surface area contributed by atoms with Crippen molar-refractivity contribution in [3.63, 3.8) is 0 Å². The van der Waals surface area contributed by atoms with Gasteiger partial charge in [-0.3, -0.25) is 4.79 Å². The van der Waals surface area contributed by atoms with E-state index in [9.17, 15) is 22.0 Å². The SMILES string of the molecule is NS(=O)(=O)c1ccc(NC(=O)c2csc(Nc3ccc(OC(F)F)cc3)n2)cc1. The van der Waals surface area contributed by atoms with E-state index in [1.165, 1.54) is 65.2 Å². The molecule has 1 amide bonds. The van der Waals surface area contributed by atoms with Gasteiger partial charge in [-0.1, -0.05) is 0 Å². The van der Waals surface area contributed by atoms with Gasteiger partial charge < -0.3 is 15.4 Å². The highest BCUT2D eigenvalue weighted by Crippen LogP contribution is 2.24. The normalized spacial score (nSPS) is 11.3. The molecule has 0 saturated heterocycles. The summed E-state index contributed by atoms with van der Waals surface area (Å²) in [5.41, 5.74) is 1.09. The quantitative estimate of drug-likeness (QED) is 0.517. The molecule has 2 aromatic carbocycles. The summed E-state index contributed by atoms with van der Waals surface area (Å²) in [6.07, 6.45) is 0. The van der Waals surface area contributed by atoms with Gasteiger partial charge in [-0.2, -0.15) is 8.78 Å². The lowest BCUT2D eigenvalue weighted by Gasteiger charge is -2.06. The Bertz CT molecular complexity index is 1100. The fraction of sp³-hybridized carbons (Fsp3) is 0.0588. The molecule has 0 radical (unpaired) electrons. The van der Waals surface area contributed by atoms with Crippen molar-refractivity contribution in [1.82, 2.24) is 4.98 Å². The lowest BCUT2D eigenvalue weighted by Crippen LogP contribution is -2.14. The standard InChI is InChI=1S/C17H14F2N4O4S2/c18-16(19)27-12-5-1-11(2-6-12)22-17-23-14(9-28-17)15(24)21-10-3-7-13(8-4-10)29(20,25)26/h1-9,16H,(H,21,24)(H,22,23)(H2,20,25,26). The van der Waals surface area contributed by atoms with Crippen LogP contribution in [0, 0.1) is 0 Å². The molecule has 152 valence electrons. The van der Waals surface area contributed by atoms with Crippen molar-refractivity contribution in [2.45, 2.75) is 11.5 Å². The highest BCUT2D eigenvalue weighted by Gasteiger charge is 2.13. The third kappa shape index (κ3) is 5.70. The van der Waals surface area contributed by atoms with E-state index in [2.05, 4.69) is 20.4 Å². The number of amides is 1. The van der Waals surface area contributed by atoms with Crippen LogP contribution in [0.25, 0.3) is 0 Å². The predicted molar refractivity (Wildman–Crippen MR) is 104 cm³/mol. The number of benzene rings is 2. The van der Waals surface area contributed by atoms with Crippen molar-refractivity contribution in [2.24, 2.45) is 5.14 Å². The zero-order chi connectivity index (χ0) is 21.0. The number of nitrogens with one attached hydrogen (secondary N) is 2. The highest BCUT2D eigenvalue weighted by atomic mass is 32.2. The van der Waals surface area contributed by atoms with Crippen molar-refractivity contribution in [2.75, 3.05) is 10.6 Å². The maximum Gasteiger partial charge on any atom is 0.387 e. The number of sulfonamides is 1. The molecule has 0 fully saturated rings. The molecule has 0 aliphatic heterocycles. The van der Waals surface area contributed by atoms with Gasteiger partial charge in [0.1, 0.15) is 11.4 Å². The molecule has 3 aromatic rings. The third-order valence-electron chi connectivity index (χ3n) is 3.51. The van der Waals surface area contributed by atoms with Crippen LogP contribution in [0.3, 0.4) is 0 Å². The second kappa shape index (κ2) is 8.51. The van der Waals surface area contributed by atoms with Crippen LogP contribution < -0.4 is 20.5 Å². The molecule has 3 rings (SSSR count). The van der Waals surface area contributed by atoms with Gasteiger partial charge in [0.25, 0.3) is 5.91 Å². The minimum Gasteiger partial charge on any atom is -0.435 e. The molecular weight excluding hydrogens is 426 g/mol. The molecule has 0 saturated carbocycles. The van der Waals surface area contributed by atoms with E-state index >= 15 is 0 Å². The zero-order valence-corrected chi connectivity index (χ0v) is 16.1. The molecule has 0 bridgehead atoms. The molecule has 0 unspecified atom stereocenters. The summed E-state index contributed by atoms with van der Waals surface area (Å²) in [5.74, 6) is -0.462. The Morgan fingerprint density at radius 1 is 1.07 bits per heavy atom. The number of hydrogen-bond donors (Lipinski definition) is 3. The maximum absolute atomic E-state index is 12.3. The predicted octanol–water partition coefficient (Wildman–Crippen LogP) is 3.39. The number of hydrogen-bond acceptors (Lipinski definition) is 7. The summed E-state index contributed by atoms with van der Waals surface area (Å²) < 4.78 is 51.1. The van der Waals surface area contributed by atoms with E-state index in [1.54, 1.807) is 0 Å². The minimum absolute atomic E-state index is 0.0261. The number of aromatic nitrogens is 1. The molecular formula is C17H14F2N4O4S2. The highest BCUT2D eigenvalue weighted by molar-refractivity contribution is 7.89. The van der Waals surface area contributed by atoms with E-state index in [0.717, 1.165) is 0 Å². The molecule has 1 aromatic heterocycles. The Balaban J connectivity index is 1.62. The average Bonchev–Trinajstić information content (AvgIpc) is 3.11. The van der Waals surface area contributed by atoms with Crippen LogP contribution >= 0.6 is 11.3 Å². The fourth-order valence-corrected chi connectivity index (χ4v) is 3.43. The van der Waals surface area contributed by atoms with E-state index in [-0.39, 0.29) is 16.3 Å². The fourth-order valence-electron chi connectivity index (χ4n) is 2.20. The number of nitrogens with two attached hydrogens (primary N) is 1. The number of nitrogens with zero attached hydrogens (tertiary/aromatic N) is 1. The van der Waals surface area contributed by atoms with Gasteiger partial charge in [0.15, 0.2) is 5.13 Å². The van der Waals surface area contributed by atoms with Gasteiger partial charge in [-0.15, -0.1) is 11.3 Å². The first-order valence-electron chi connectivity index (χ1n) is 7.92. The van der Waals surface area contributed by atoms with Crippen LogP contribution in [-0.2, 0) is 10.0 Å². The maximum atomic E-state index is 12.3. The first kappa shape index (κ1) is 20.6. The van der Waals surface area contributed by atoms with E-state index in [4.69, 9.17) is 5.14 Å². The summed E-state index contributed by atoms with van der Waals surface area (Å²) in [6.45, 7) is -2.90. The Kier molecular flexibility index (Phi) is 6.06. The van der Waals surface area contributed by atoms with Crippen molar-refractivity contribution in [3.8, 4) is 5.75 Å². The monoisotopic (exact) mass is 440 g/mol. The molecule has 0 spiro atoms. The number of anilines is 3. The van der Waals surface area contributed by atoms with Gasteiger partial charge in [-0.05, 0) is 48.5 Å². The number of thiazole rings is 1. The number of ether oxygens (including phenoxy) is 1. The molecule has 0 aliphatic carbocycles. The van der Waals surface area contributed by atoms with Crippen molar-refractivity contribution in [3.05, 3.63) is 59.6 Å². The van der Waals surface area contributed by atoms with Gasteiger partial charge in [-0.25, -0.2) is 18.5 Å². The summed E-state index contributed by atoms with van der Waals surface area (Å²) >= 11 is 1.17. The average molecular weight is 440 g/mol. The van der Waals surface area contributed by atoms with E-state index in [0.29, 0.717) is 16.5 Å². The zero-order valence-electron chi connectivity index (χ0n) is 14.5. The smallest absolute Gasteiger partial charge is 0.387 e. The van der Waals surface area contributed by atoms with Gasteiger partial charge in [0.2, 0.25) is 10.0 Å². The van der Waals surface area contributed by atoms with Gasteiger partial charge >= 0.3 is 6.61 Å². The lowest BCUT2D eigenvalue weighted by atomic mass is 10.3. The van der Waals surface area contributed by atoms with Crippen molar-refractivity contribution in [1.29, 1.82) is 0 Å². The number of primary sulfonamides is 1. The number of halogens is 2. The number of rotatable bonds is 7. The second-order valence-electron chi connectivity index (χ2n) is 5.59. The molecule has 0 aliphatic rings.